The number of carbonyl (C=O) groups is 1. The molecule has 2 aromatic carbocycles. The van der Waals surface area contributed by atoms with Gasteiger partial charge in [0.1, 0.15) is 17.8 Å². The van der Waals surface area contributed by atoms with Crippen molar-refractivity contribution in [1.29, 1.82) is 0 Å². The second-order valence-corrected chi connectivity index (χ2v) is 4.76. The lowest BCUT2D eigenvalue weighted by atomic mass is 9.98. The molecule has 0 aromatic heterocycles. The molecule has 0 unspecified atom stereocenters. The van der Waals surface area contributed by atoms with Crippen LogP contribution in [0.1, 0.15) is 32.6 Å². The molecule has 0 bridgehead atoms. The lowest BCUT2D eigenvalue weighted by molar-refractivity contribution is 0.112. The molecule has 3 heteroatoms. The molecule has 0 aliphatic heterocycles. The van der Waals surface area contributed by atoms with E-state index in [2.05, 4.69) is 0 Å². The highest BCUT2D eigenvalue weighted by atomic mass is 16.3. The number of aromatic hydroxyl groups is 2. The highest BCUT2D eigenvalue weighted by molar-refractivity contribution is 5.76. The lowest BCUT2D eigenvalue weighted by Gasteiger charge is -2.09. The summed E-state index contributed by atoms with van der Waals surface area (Å²) in [4.78, 5) is 10.9. The van der Waals surface area contributed by atoms with E-state index in [4.69, 9.17) is 0 Å². The number of hydrogen-bond donors (Lipinski definition) is 2. The van der Waals surface area contributed by atoms with Crippen LogP contribution in [-0.4, -0.2) is 16.5 Å². The zero-order chi connectivity index (χ0) is 14.0. The Kier molecular flexibility index (Phi) is 3.56. The van der Waals surface area contributed by atoms with E-state index in [0.29, 0.717) is 23.1 Å². The smallest absolute Gasteiger partial charge is 0.150 e. The Morgan fingerprint density at radius 3 is 2.42 bits per heavy atom. The number of aldehydes is 1. The van der Waals surface area contributed by atoms with Crippen LogP contribution in [0.4, 0.5) is 0 Å². The first-order valence-electron chi connectivity index (χ1n) is 6.07. The third-order valence-electron chi connectivity index (χ3n) is 3.19. The van der Waals surface area contributed by atoms with Gasteiger partial charge in [0.15, 0.2) is 0 Å². The Morgan fingerprint density at radius 2 is 1.79 bits per heavy atom. The van der Waals surface area contributed by atoms with Crippen molar-refractivity contribution in [2.24, 2.45) is 0 Å². The molecule has 0 spiro atoms. The van der Waals surface area contributed by atoms with Crippen LogP contribution >= 0.6 is 0 Å². The maximum atomic E-state index is 10.9. The summed E-state index contributed by atoms with van der Waals surface area (Å²) in [5.74, 6) is 0.474. The Morgan fingerprint density at radius 1 is 1.05 bits per heavy atom. The maximum Gasteiger partial charge on any atom is 0.150 e. The lowest BCUT2D eigenvalue weighted by Crippen LogP contribution is -1.94. The highest BCUT2D eigenvalue weighted by Gasteiger charge is 2.08. The van der Waals surface area contributed by atoms with E-state index in [1.165, 1.54) is 0 Å². The van der Waals surface area contributed by atoms with E-state index < -0.39 is 0 Å². The number of benzene rings is 2. The van der Waals surface area contributed by atoms with E-state index in [-0.39, 0.29) is 11.5 Å². The SMILES string of the molecule is Cc1cc(Cc2cc(C=O)cc(C)c2O)ccc1O. The van der Waals surface area contributed by atoms with E-state index >= 15 is 0 Å². The number of phenolic OH excluding ortho intramolecular Hbond substituents is 2. The largest absolute Gasteiger partial charge is 0.508 e. The molecule has 0 saturated heterocycles. The molecule has 19 heavy (non-hydrogen) atoms. The molecule has 0 heterocycles. The second-order valence-electron chi connectivity index (χ2n) is 4.76. The van der Waals surface area contributed by atoms with E-state index in [1.54, 1.807) is 25.1 Å². The Balaban J connectivity index is 2.39. The van der Waals surface area contributed by atoms with E-state index in [9.17, 15) is 15.0 Å². The fraction of sp³-hybridized carbons (Fsp3) is 0.188. The summed E-state index contributed by atoms with van der Waals surface area (Å²) in [6.07, 6.45) is 1.30. The first-order valence-corrected chi connectivity index (χ1v) is 6.07. The van der Waals surface area contributed by atoms with Crippen molar-refractivity contribution in [3.63, 3.8) is 0 Å². The summed E-state index contributed by atoms with van der Waals surface area (Å²) in [5.41, 5.74) is 3.73. The molecular formula is C16H16O3. The van der Waals surface area contributed by atoms with Crippen LogP contribution in [-0.2, 0) is 6.42 Å². The molecule has 98 valence electrons. The average molecular weight is 256 g/mol. The maximum absolute atomic E-state index is 10.9. The van der Waals surface area contributed by atoms with Gasteiger partial charge in [-0.3, -0.25) is 4.79 Å². The fourth-order valence-electron chi connectivity index (χ4n) is 2.13. The highest BCUT2D eigenvalue weighted by Crippen LogP contribution is 2.27. The predicted octanol–water partition coefficient (Wildman–Crippen LogP) is 3.12. The normalized spacial score (nSPS) is 10.4. The van der Waals surface area contributed by atoms with Crippen LogP contribution in [0.3, 0.4) is 0 Å². The topological polar surface area (TPSA) is 57.5 Å². The second kappa shape index (κ2) is 5.14. The fourth-order valence-corrected chi connectivity index (χ4v) is 2.13. The summed E-state index contributed by atoms with van der Waals surface area (Å²) in [7, 11) is 0. The minimum atomic E-state index is 0.219. The molecule has 0 amide bonds. The number of carbonyl (C=O) groups excluding carboxylic acids is 1. The summed E-state index contributed by atoms with van der Waals surface area (Å²) in [5, 5.41) is 19.5. The van der Waals surface area contributed by atoms with Gasteiger partial charge in [-0.05, 0) is 54.3 Å². The molecule has 2 aromatic rings. The van der Waals surface area contributed by atoms with Gasteiger partial charge in [-0.25, -0.2) is 0 Å². The van der Waals surface area contributed by atoms with Crippen LogP contribution in [0, 0.1) is 13.8 Å². The first kappa shape index (κ1) is 13.1. The van der Waals surface area contributed by atoms with Gasteiger partial charge >= 0.3 is 0 Å². The molecule has 0 aliphatic carbocycles. The summed E-state index contributed by atoms with van der Waals surface area (Å²) in [6, 6.07) is 8.67. The number of rotatable bonds is 3. The third-order valence-corrected chi connectivity index (χ3v) is 3.19. The molecule has 2 N–H and O–H groups in total. The van der Waals surface area contributed by atoms with Gasteiger partial charge in [0.05, 0.1) is 0 Å². The third kappa shape index (κ3) is 2.76. The first-order chi connectivity index (χ1) is 9.01. The van der Waals surface area contributed by atoms with Crippen molar-refractivity contribution in [2.75, 3.05) is 0 Å². The Bertz CT molecular complexity index is 630. The van der Waals surface area contributed by atoms with Gasteiger partial charge in [-0.1, -0.05) is 12.1 Å². The van der Waals surface area contributed by atoms with Gasteiger partial charge in [0.25, 0.3) is 0 Å². The van der Waals surface area contributed by atoms with Crippen molar-refractivity contribution in [1.82, 2.24) is 0 Å². The van der Waals surface area contributed by atoms with Crippen LogP contribution in [0.15, 0.2) is 30.3 Å². The predicted molar refractivity (Wildman–Crippen MR) is 73.9 cm³/mol. The van der Waals surface area contributed by atoms with E-state index in [0.717, 1.165) is 17.4 Å². The molecule has 0 fully saturated rings. The van der Waals surface area contributed by atoms with Crippen LogP contribution in [0.2, 0.25) is 0 Å². The van der Waals surface area contributed by atoms with Crippen molar-refractivity contribution >= 4 is 6.29 Å². The van der Waals surface area contributed by atoms with Gasteiger partial charge in [-0.2, -0.15) is 0 Å². The zero-order valence-electron chi connectivity index (χ0n) is 11.0. The van der Waals surface area contributed by atoms with Gasteiger partial charge < -0.3 is 10.2 Å². The van der Waals surface area contributed by atoms with Gasteiger partial charge in [0, 0.05) is 12.0 Å². The van der Waals surface area contributed by atoms with Gasteiger partial charge in [0.2, 0.25) is 0 Å². The van der Waals surface area contributed by atoms with Crippen molar-refractivity contribution in [3.8, 4) is 11.5 Å². The minimum absolute atomic E-state index is 0.219. The van der Waals surface area contributed by atoms with Crippen molar-refractivity contribution in [3.05, 3.63) is 58.1 Å². The number of aryl methyl sites for hydroxylation is 2. The van der Waals surface area contributed by atoms with Crippen LogP contribution < -0.4 is 0 Å². The molecule has 0 radical (unpaired) electrons. The van der Waals surface area contributed by atoms with Crippen LogP contribution in [0.25, 0.3) is 0 Å². The molecule has 0 atom stereocenters. The Labute approximate surface area is 112 Å². The number of phenols is 2. The molecular weight excluding hydrogens is 240 g/mol. The summed E-state index contributed by atoms with van der Waals surface area (Å²) in [6.45, 7) is 3.60. The standard InChI is InChI=1S/C16H16O3/c1-10-5-12(3-4-15(10)18)7-14-8-13(9-17)6-11(2)16(14)19/h3-6,8-9,18-19H,7H2,1-2H3. The molecule has 0 saturated carbocycles. The molecule has 2 rings (SSSR count). The molecule has 3 nitrogen and oxygen atoms in total. The average Bonchev–Trinajstić information content (AvgIpc) is 2.39. The summed E-state index contributed by atoms with van der Waals surface area (Å²) >= 11 is 0. The minimum Gasteiger partial charge on any atom is -0.508 e. The van der Waals surface area contributed by atoms with Crippen LogP contribution in [0.5, 0.6) is 11.5 Å². The van der Waals surface area contributed by atoms with E-state index in [1.807, 2.05) is 19.1 Å². The Hall–Kier alpha value is -2.29. The van der Waals surface area contributed by atoms with Gasteiger partial charge in [-0.15, -0.1) is 0 Å². The summed E-state index contributed by atoms with van der Waals surface area (Å²) < 4.78 is 0. The molecule has 0 aliphatic rings. The number of hydrogen-bond acceptors (Lipinski definition) is 3. The van der Waals surface area contributed by atoms with Crippen molar-refractivity contribution < 1.29 is 15.0 Å². The van der Waals surface area contributed by atoms with Crippen molar-refractivity contribution in [2.45, 2.75) is 20.3 Å². The monoisotopic (exact) mass is 256 g/mol. The zero-order valence-corrected chi connectivity index (χ0v) is 11.0. The quantitative estimate of drug-likeness (QED) is 0.829.